The van der Waals surface area contributed by atoms with Crippen molar-refractivity contribution in [2.45, 2.75) is 10.8 Å². The Balaban J connectivity index is 1.59. The lowest BCUT2D eigenvalue weighted by Gasteiger charge is -2.10. The molecule has 0 fully saturated rings. The van der Waals surface area contributed by atoms with Crippen LogP contribution in [0.2, 0.25) is 0 Å². The maximum absolute atomic E-state index is 11.6. The van der Waals surface area contributed by atoms with E-state index in [0.717, 1.165) is 43.1 Å². The molecule has 0 aliphatic carbocycles. The second kappa shape index (κ2) is 8.44. The van der Waals surface area contributed by atoms with E-state index in [1.165, 1.54) is 6.07 Å². The van der Waals surface area contributed by atoms with E-state index in [1.54, 1.807) is 17.4 Å². The summed E-state index contributed by atoms with van der Waals surface area (Å²) in [5.74, 6) is 1.35. The number of sulfonamides is 1. The Labute approximate surface area is 193 Å². The van der Waals surface area contributed by atoms with Crippen LogP contribution in [0, 0.1) is 0 Å². The van der Waals surface area contributed by atoms with Gasteiger partial charge < -0.3 is 5.32 Å². The van der Waals surface area contributed by atoms with Crippen molar-refractivity contribution in [3.05, 3.63) is 83.1 Å². The molecule has 5 aromatic rings. The molecule has 3 heterocycles. The molecule has 0 saturated heterocycles. The predicted octanol–water partition coefficient (Wildman–Crippen LogP) is 5.35. The minimum atomic E-state index is -3.71. The van der Waals surface area contributed by atoms with Crippen LogP contribution in [0.4, 0.5) is 5.82 Å². The fourth-order valence-electron chi connectivity index (χ4n) is 3.39. The van der Waals surface area contributed by atoms with Gasteiger partial charge in [0.25, 0.3) is 0 Å². The predicted molar refractivity (Wildman–Crippen MR) is 131 cm³/mol. The number of aromatic nitrogens is 2. The van der Waals surface area contributed by atoms with Crippen LogP contribution in [-0.4, -0.2) is 18.4 Å². The zero-order valence-electron chi connectivity index (χ0n) is 16.7. The largest absolute Gasteiger partial charge is 0.364 e. The van der Waals surface area contributed by atoms with Crippen LogP contribution < -0.4 is 10.5 Å². The number of nitrogens with zero attached hydrogens (tertiary/aromatic N) is 2. The minimum absolute atomic E-state index is 0.146. The molecule has 3 N–H and O–H groups in total. The first-order valence-corrected chi connectivity index (χ1v) is 13.0. The summed E-state index contributed by atoms with van der Waals surface area (Å²) in [6.07, 6.45) is 0. The van der Waals surface area contributed by atoms with E-state index in [-0.39, 0.29) is 4.21 Å². The van der Waals surface area contributed by atoms with Gasteiger partial charge in [-0.05, 0) is 17.7 Å². The summed E-state index contributed by atoms with van der Waals surface area (Å²) in [7, 11) is -3.71. The Morgan fingerprint density at radius 3 is 2.22 bits per heavy atom. The van der Waals surface area contributed by atoms with Crippen molar-refractivity contribution >= 4 is 48.7 Å². The average Bonchev–Trinajstić information content (AvgIpc) is 3.46. The highest BCUT2D eigenvalue weighted by molar-refractivity contribution is 7.91. The third-order valence-corrected chi connectivity index (χ3v) is 8.29. The van der Waals surface area contributed by atoms with Crippen molar-refractivity contribution < 1.29 is 8.42 Å². The highest BCUT2D eigenvalue weighted by atomic mass is 32.2. The Morgan fingerprint density at radius 1 is 0.875 bits per heavy atom. The Hall–Kier alpha value is -3.11. The topological polar surface area (TPSA) is 98.0 Å². The number of hydrogen-bond donors (Lipinski definition) is 2. The van der Waals surface area contributed by atoms with Gasteiger partial charge in [-0.15, -0.1) is 22.7 Å². The van der Waals surface area contributed by atoms with Crippen LogP contribution >= 0.6 is 22.7 Å². The van der Waals surface area contributed by atoms with Gasteiger partial charge in [0.2, 0.25) is 10.0 Å². The fraction of sp³-hybridized carbons (Fsp3) is 0.0435. The fourth-order valence-corrected chi connectivity index (χ4v) is 6.06. The molecule has 0 bridgehead atoms. The standard InChI is InChI=1S/C23H18N4O2S3/c24-32(28,29)19-12-11-17(31-19)13-25-22-20-18(15-7-3-1-4-8-15)14-30-23(20)27-21(26-22)16-9-5-2-6-10-16/h1-12,14H,13H2,(H2,24,28,29)(H,25,26,27). The highest BCUT2D eigenvalue weighted by Crippen LogP contribution is 2.38. The van der Waals surface area contributed by atoms with E-state index in [0.29, 0.717) is 18.2 Å². The highest BCUT2D eigenvalue weighted by Gasteiger charge is 2.17. The van der Waals surface area contributed by atoms with E-state index in [2.05, 4.69) is 22.8 Å². The molecule has 32 heavy (non-hydrogen) atoms. The zero-order valence-corrected chi connectivity index (χ0v) is 19.2. The molecule has 0 spiro atoms. The molecule has 160 valence electrons. The number of primary sulfonamides is 1. The van der Waals surface area contributed by atoms with Crippen LogP contribution in [-0.2, 0) is 16.6 Å². The third kappa shape index (κ3) is 4.15. The van der Waals surface area contributed by atoms with Crippen LogP contribution in [0.1, 0.15) is 4.88 Å². The number of fused-ring (bicyclic) bond motifs is 1. The van der Waals surface area contributed by atoms with E-state index in [4.69, 9.17) is 15.1 Å². The van der Waals surface area contributed by atoms with Crippen molar-refractivity contribution in [3.8, 4) is 22.5 Å². The van der Waals surface area contributed by atoms with Crippen LogP contribution in [0.25, 0.3) is 32.7 Å². The van der Waals surface area contributed by atoms with E-state index in [1.807, 2.05) is 48.5 Å². The third-order valence-electron chi connectivity index (χ3n) is 4.90. The summed E-state index contributed by atoms with van der Waals surface area (Å²) in [6, 6.07) is 23.3. The number of benzene rings is 2. The minimum Gasteiger partial charge on any atom is -0.364 e. The molecule has 0 aliphatic heterocycles. The van der Waals surface area contributed by atoms with Gasteiger partial charge in [-0.2, -0.15) is 0 Å². The summed E-state index contributed by atoms with van der Waals surface area (Å²) in [5.41, 5.74) is 3.08. The van der Waals surface area contributed by atoms with Gasteiger partial charge in [-0.3, -0.25) is 0 Å². The maximum atomic E-state index is 11.6. The van der Waals surface area contributed by atoms with Crippen LogP contribution in [0.5, 0.6) is 0 Å². The molecule has 3 aromatic heterocycles. The van der Waals surface area contributed by atoms with Crippen molar-refractivity contribution in [1.29, 1.82) is 0 Å². The van der Waals surface area contributed by atoms with Gasteiger partial charge in [0.05, 0.1) is 11.9 Å². The zero-order chi connectivity index (χ0) is 22.1. The first kappa shape index (κ1) is 20.8. The van der Waals surface area contributed by atoms with Crippen molar-refractivity contribution in [2.75, 3.05) is 5.32 Å². The molecular weight excluding hydrogens is 460 g/mol. The number of anilines is 1. The molecule has 0 atom stereocenters. The summed E-state index contributed by atoms with van der Waals surface area (Å²) >= 11 is 2.73. The van der Waals surface area contributed by atoms with Gasteiger partial charge in [-0.1, -0.05) is 60.7 Å². The molecule has 5 rings (SSSR count). The smallest absolute Gasteiger partial charge is 0.247 e. The summed E-state index contributed by atoms with van der Waals surface area (Å²) < 4.78 is 23.4. The van der Waals surface area contributed by atoms with E-state index in [9.17, 15) is 8.42 Å². The Kier molecular flexibility index (Phi) is 5.48. The molecule has 6 nitrogen and oxygen atoms in total. The molecule has 0 saturated carbocycles. The summed E-state index contributed by atoms with van der Waals surface area (Å²) in [6.45, 7) is 0.421. The Bertz CT molecular complexity index is 1490. The molecule has 0 aliphatic rings. The van der Waals surface area contributed by atoms with Gasteiger partial charge >= 0.3 is 0 Å². The summed E-state index contributed by atoms with van der Waals surface area (Å²) in [4.78, 5) is 11.4. The summed E-state index contributed by atoms with van der Waals surface area (Å²) in [5, 5.41) is 11.7. The van der Waals surface area contributed by atoms with Crippen LogP contribution in [0.15, 0.2) is 82.4 Å². The average molecular weight is 479 g/mol. The number of thiophene rings is 2. The lowest BCUT2D eigenvalue weighted by atomic mass is 10.1. The monoisotopic (exact) mass is 478 g/mol. The lowest BCUT2D eigenvalue weighted by Crippen LogP contribution is -2.09. The van der Waals surface area contributed by atoms with Gasteiger partial charge in [0, 0.05) is 21.4 Å². The Morgan fingerprint density at radius 2 is 1.56 bits per heavy atom. The normalized spacial score (nSPS) is 11.7. The molecule has 9 heteroatoms. The SMILES string of the molecule is NS(=O)(=O)c1ccc(CNc2nc(-c3ccccc3)nc3scc(-c4ccccc4)c23)s1. The number of nitrogens with one attached hydrogen (secondary N) is 1. The van der Waals surface area contributed by atoms with Crippen molar-refractivity contribution in [1.82, 2.24) is 9.97 Å². The number of nitrogens with two attached hydrogens (primary N) is 1. The first-order chi connectivity index (χ1) is 15.5. The molecule has 2 aromatic carbocycles. The second-order valence-corrected chi connectivity index (χ2v) is 10.9. The second-order valence-electron chi connectivity index (χ2n) is 7.08. The number of hydrogen-bond acceptors (Lipinski definition) is 7. The van der Waals surface area contributed by atoms with Crippen LogP contribution in [0.3, 0.4) is 0 Å². The van der Waals surface area contributed by atoms with E-state index >= 15 is 0 Å². The van der Waals surface area contributed by atoms with E-state index < -0.39 is 10.0 Å². The first-order valence-electron chi connectivity index (χ1n) is 9.74. The molecule has 0 radical (unpaired) electrons. The maximum Gasteiger partial charge on any atom is 0.247 e. The lowest BCUT2D eigenvalue weighted by molar-refractivity contribution is 0.600. The number of rotatable bonds is 6. The van der Waals surface area contributed by atoms with Gasteiger partial charge in [0.15, 0.2) is 5.82 Å². The van der Waals surface area contributed by atoms with Crippen molar-refractivity contribution in [3.63, 3.8) is 0 Å². The molecular formula is C23H18N4O2S3. The quantitative estimate of drug-likeness (QED) is 0.343. The van der Waals surface area contributed by atoms with Crippen molar-refractivity contribution in [2.24, 2.45) is 5.14 Å². The molecule has 0 unspecified atom stereocenters. The molecule has 0 amide bonds. The van der Waals surface area contributed by atoms with Gasteiger partial charge in [-0.25, -0.2) is 23.5 Å². The van der Waals surface area contributed by atoms with Gasteiger partial charge in [0.1, 0.15) is 14.9 Å².